The zero-order valence-corrected chi connectivity index (χ0v) is 32.2. The van der Waals surface area contributed by atoms with E-state index in [2.05, 4.69) is 179 Å². The third-order valence-electron chi connectivity index (χ3n) is 11.6. The van der Waals surface area contributed by atoms with Crippen LogP contribution in [0.4, 0.5) is 0 Å². The molecular weight excluding hydrogens is 735 g/mol. The molecule has 4 heterocycles. The zero-order valence-electron chi connectivity index (χ0n) is 32.2. The molecule has 6 heteroatoms. The Morgan fingerprint density at radius 2 is 1.02 bits per heavy atom. The molecule has 0 spiro atoms. The van der Waals surface area contributed by atoms with E-state index in [1.54, 1.807) is 12.4 Å². The number of pyridine rings is 1. The van der Waals surface area contributed by atoms with Crippen LogP contribution in [0.25, 0.3) is 117 Å². The number of aromatic nitrogens is 5. The molecule has 60 heavy (non-hydrogen) atoms. The molecule has 0 aliphatic heterocycles. The van der Waals surface area contributed by atoms with Gasteiger partial charge in [0.1, 0.15) is 5.58 Å². The van der Waals surface area contributed by atoms with Crippen LogP contribution in [0, 0.1) is 0 Å². The molecule has 0 radical (unpaired) electrons. The van der Waals surface area contributed by atoms with E-state index in [1.807, 2.05) is 18.2 Å². The molecule has 0 saturated heterocycles. The van der Waals surface area contributed by atoms with Crippen LogP contribution >= 0.6 is 0 Å². The lowest BCUT2D eigenvalue weighted by atomic mass is 9.99. The van der Waals surface area contributed by atoms with Gasteiger partial charge >= 0.3 is 0 Å². The maximum Gasteiger partial charge on any atom is 0.167 e. The molecule has 0 bridgehead atoms. The van der Waals surface area contributed by atoms with Crippen LogP contribution in [0.3, 0.4) is 0 Å². The first-order valence-corrected chi connectivity index (χ1v) is 20.0. The molecule has 12 rings (SSSR count). The first-order chi connectivity index (χ1) is 29.7. The van der Waals surface area contributed by atoms with E-state index in [0.717, 1.165) is 60.5 Å². The van der Waals surface area contributed by atoms with Gasteiger partial charge in [0.15, 0.2) is 23.1 Å². The van der Waals surface area contributed by atoms with E-state index < -0.39 is 0 Å². The summed E-state index contributed by atoms with van der Waals surface area (Å²) in [5.41, 5.74) is 11.9. The second-order valence-corrected chi connectivity index (χ2v) is 15.1. The molecule has 0 aliphatic carbocycles. The molecule has 0 fully saturated rings. The minimum atomic E-state index is 0.528. The predicted molar refractivity (Wildman–Crippen MR) is 244 cm³/mol. The van der Waals surface area contributed by atoms with Gasteiger partial charge in [-0.15, -0.1) is 0 Å². The molecule has 0 aliphatic rings. The highest BCUT2D eigenvalue weighted by Gasteiger charge is 2.21. The van der Waals surface area contributed by atoms with Gasteiger partial charge in [0.05, 0.1) is 28.5 Å². The highest BCUT2D eigenvalue weighted by Crippen LogP contribution is 2.40. The standard InChI is InChI=1S/C54H33N5O/c1-2-11-34(12-3-1)36-21-23-37(24-22-36)39-27-28-49-46(32-39)41-15-6-8-19-47(41)59(49)48-20-9-7-16-44(48)53-56-52(40-26-25-35-13-4-5-14-38(35)31-40)57-54(58-53)45-18-10-17-43-42-29-30-55-33-50(42)60-51(43)45/h1-33H. The molecule has 280 valence electrons. The normalized spacial score (nSPS) is 11.7. The van der Waals surface area contributed by atoms with Crippen molar-refractivity contribution in [1.82, 2.24) is 24.5 Å². The fourth-order valence-electron chi connectivity index (χ4n) is 8.66. The van der Waals surface area contributed by atoms with Gasteiger partial charge in [0.2, 0.25) is 0 Å². The summed E-state index contributed by atoms with van der Waals surface area (Å²) >= 11 is 0. The second kappa shape index (κ2) is 13.7. The van der Waals surface area contributed by atoms with Gasteiger partial charge in [-0.05, 0) is 81.6 Å². The predicted octanol–water partition coefficient (Wildman–Crippen LogP) is 13.8. The smallest absolute Gasteiger partial charge is 0.167 e. The maximum absolute atomic E-state index is 6.47. The minimum absolute atomic E-state index is 0.528. The van der Waals surface area contributed by atoms with Crippen molar-refractivity contribution < 1.29 is 4.42 Å². The van der Waals surface area contributed by atoms with E-state index in [1.165, 1.54) is 27.5 Å². The Morgan fingerprint density at radius 1 is 0.383 bits per heavy atom. The van der Waals surface area contributed by atoms with Crippen LogP contribution in [-0.4, -0.2) is 24.5 Å². The van der Waals surface area contributed by atoms with Crippen molar-refractivity contribution in [2.24, 2.45) is 0 Å². The number of furan rings is 1. The van der Waals surface area contributed by atoms with E-state index in [9.17, 15) is 0 Å². The molecule has 0 atom stereocenters. The Morgan fingerprint density at radius 3 is 1.90 bits per heavy atom. The average molecular weight is 768 g/mol. The summed E-state index contributed by atoms with van der Waals surface area (Å²) in [6.07, 6.45) is 3.55. The van der Waals surface area contributed by atoms with E-state index in [0.29, 0.717) is 28.6 Å². The molecule has 6 nitrogen and oxygen atoms in total. The van der Waals surface area contributed by atoms with E-state index in [4.69, 9.17) is 19.4 Å². The van der Waals surface area contributed by atoms with Crippen LogP contribution in [0.2, 0.25) is 0 Å². The van der Waals surface area contributed by atoms with Crippen LogP contribution in [0.5, 0.6) is 0 Å². The lowest BCUT2D eigenvalue weighted by Crippen LogP contribution is -2.03. The first kappa shape index (κ1) is 33.9. The molecule has 0 N–H and O–H groups in total. The molecule has 8 aromatic carbocycles. The topological polar surface area (TPSA) is 69.6 Å². The fraction of sp³-hybridized carbons (Fsp3) is 0. The van der Waals surface area contributed by atoms with E-state index in [-0.39, 0.29) is 0 Å². The van der Waals surface area contributed by atoms with Crippen molar-refractivity contribution in [3.63, 3.8) is 0 Å². The Labute approximate surface area is 344 Å². The Kier molecular flexibility index (Phi) is 7.74. The molecule has 4 aromatic heterocycles. The van der Waals surface area contributed by atoms with Crippen molar-refractivity contribution in [2.45, 2.75) is 0 Å². The summed E-state index contributed by atoms with van der Waals surface area (Å²) in [6, 6.07) is 65.9. The van der Waals surface area contributed by atoms with Crippen molar-refractivity contribution >= 4 is 54.5 Å². The van der Waals surface area contributed by atoms with Crippen LogP contribution in [0.15, 0.2) is 205 Å². The quantitative estimate of drug-likeness (QED) is 0.168. The number of rotatable bonds is 6. The maximum atomic E-state index is 6.47. The summed E-state index contributed by atoms with van der Waals surface area (Å²) in [7, 11) is 0. The average Bonchev–Trinajstić information content (AvgIpc) is 3.87. The number of fused-ring (bicyclic) bond motifs is 7. The van der Waals surface area contributed by atoms with Crippen LogP contribution in [-0.2, 0) is 0 Å². The third kappa shape index (κ3) is 5.57. The summed E-state index contributed by atoms with van der Waals surface area (Å²) in [6.45, 7) is 0. The van der Waals surface area contributed by atoms with Gasteiger partial charge in [0.25, 0.3) is 0 Å². The van der Waals surface area contributed by atoms with Crippen LogP contribution < -0.4 is 0 Å². The van der Waals surface area contributed by atoms with Crippen molar-refractivity contribution in [1.29, 1.82) is 0 Å². The lowest BCUT2D eigenvalue weighted by Gasteiger charge is -2.15. The van der Waals surface area contributed by atoms with Crippen molar-refractivity contribution in [2.75, 3.05) is 0 Å². The van der Waals surface area contributed by atoms with Gasteiger partial charge in [-0.25, -0.2) is 15.0 Å². The Hall–Kier alpha value is -8.22. The summed E-state index contributed by atoms with van der Waals surface area (Å²) in [5, 5.41) is 6.59. The third-order valence-corrected chi connectivity index (χ3v) is 11.6. The van der Waals surface area contributed by atoms with Gasteiger partial charge in [0, 0.05) is 38.9 Å². The zero-order chi connectivity index (χ0) is 39.6. The Bertz CT molecular complexity index is 3610. The number of nitrogens with zero attached hydrogens (tertiary/aromatic N) is 5. The number of hydrogen-bond donors (Lipinski definition) is 0. The van der Waals surface area contributed by atoms with Crippen LogP contribution in [0.1, 0.15) is 0 Å². The van der Waals surface area contributed by atoms with E-state index >= 15 is 0 Å². The first-order valence-electron chi connectivity index (χ1n) is 20.0. The summed E-state index contributed by atoms with van der Waals surface area (Å²) < 4.78 is 8.81. The molecule has 0 amide bonds. The van der Waals surface area contributed by atoms with Gasteiger partial charge in [-0.1, -0.05) is 140 Å². The highest BCUT2D eigenvalue weighted by molar-refractivity contribution is 6.11. The summed E-state index contributed by atoms with van der Waals surface area (Å²) in [5.74, 6) is 1.67. The van der Waals surface area contributed by atoms with Gasteiger partial charge in [-0.3, -0.25) is 4.98 Å². The second-order valence-electron chi connectivity index (χ2n) is 15.1. The van der Waals surface area contributed by atoms with Gasteiger partial charge < -0.3 is 8.98 Å². The lowest BCUT2D eigenvalue weighted by molar-refractivity contribution is 0.667. The highest BCUT2D eigenvalue weighted by atomic mass is 16.3. The molecular formula is C54H33N5O. The molecule has 0 unspecified atom stereocenters. The van der Waals surface area contributed by atoms with Crippen molar-refractivity contribution in [3.05, 3.63) is 200 Å². The monoisotopic (exact) mass is 767 g/mol. The summed E-state index contributed by atoms with van der Waals surface area (Å²) in [4.78, 5) is 20.0. The largest absolute Gasteiger partial charge is 0.454 e. The fourth-order valence-corrected chi connectivity index (χ4v) is 8.66. The number of hydrogen-bond acceptors (Lipinski definition) is 5. The minimum Gasteiger partial charge on any atom is -0.454 e. The van der Waals surface area contributed by atoms with Crippen molar-refractivity contribution in [3.8, 4) is 62.1 Å². The van der Waals surface area contributed by atoms with Gasteiger partial charge in [-0.2, -0.15) is 0 Å². The SMILES string of the molecule is c1ccc(-c2ccc(-c3ccc4c(c3)c3ccccc3n4-c3ccccc3-c3nc(-c4ccc5ccccc5c4)nc(-c4cccc5c4oc4cnccc45)n3)cc2)cc1. The molecule has 12 aromatic rings. The Balaban J connectivity index is 1.05. The molecule has 0 saturated carbocycles. The number of benzene rings is 8. The number of para-hydroxylation sites is 3.